The van der Waals surface area contributed by atoms with Crippen LogP contribution in [0.1, 0.15) is 21.5 Å². The van der Waals surface area contributed by atoms with Crippen molar-refractivity contribution in [1.29, 1.82) is 0 Å². The molecule has 0 N–H and O–H groups in total. The van der Waals surface area contributed by atoms with Crippen molar-refractivity contribution < 1.29 is 9.53 Å². The highest BCUT2D eigenvalue weighted by atomic mass is 16.5. The van der Waals surface area contributed by atoms with Crippen molar-refractivity contribution in [3.05, 3.63) is 78.0 Å². The van der Waals surface area contributed by atoms with Gasteiger partial charge in [-0.2, -0.15) is 0 Å². The Labute approximate surface area is 161 Å². The number of carbonyl (C=O) groups is 1. The number of benzene rings is 2. The summed E-state index contributed by atoms with van der Waals surface area (Å²) in [7, 11) is 1.64. The predicted molar refractivity (Wildman–Crippen MR) is 103 cm³/mol. The van der Waals surface area contributed by atoms with Crippen LogP contribution in [0, 0.1) is 0 Å². The number of methoxy groups -OCH3 is 1. The Balaban J connectivity index is 1.43. The largest absolute Gasteiger partial charge is 0.497 e. The summed E-state index contributed by atoms with van der Waals surface area (Å²) in [5.74, 6) is 0.857. The molecular formula is C21H17N5O2. The molecule has 0 radical (unpaired) electrons. The third-order valence-corrected chi connectivity index (χ3v) is 4.99. The molecule has 0 unspecified atom stereocenters. The van der Waals surface area contributed by atoms with Crippen molar-refractivity contribution in [2.75, 3.05) is 7.11 Å². The van der Waals surface area contributed by atoms with Crippen molar-refractivity contribution in [3.63, 3.8) is 0 Å². The van der Waals surface area contributed by atoms with E-state index in [1.165, 1.54) is 6.33 Å². The van der Waals surface area contributed by atoms with Crippen LogP contribution in [-0.4, -0.2) is 37.4 Å². The first-order valence-corrected chi connectivity index (χ1v) is 8.91. The van der Waals surface area contributed by atoms with Gasteiger partial charge in [-0.3, -0.25) is 9.36 Å². The summed E-state index contributed by atoms with van der Waals surface area (Å²) in [6, 6.07) is 13.6. The minimum Gasteiger partial charge on any atom is -0.497 e. The lowest BCUT2D eigenvalue weighted by molar-refractivity contribution is 0.0766. The fraction of sp³-hybridized carbons (Fsp3) is 0.143. The van der Waals surface area contributed by atoms with Crippen LogP contribution >= 0.6 is 0 Å². The molecule has 0 aliphatic carbocycles. The lowest BCUT2D eigenvalue weighted by atomic mass is 10.1. The fourth-order valence-corrected chi connectivity index (χ4v) is 3.55. The number of ether oxygens (including phenoxy) is 1. The van der Waals surface area contributed by atoms with Gasteiger partial charge in [-0.15, -0.1) is 0 Å². The standard InChI is InChI=1S/C21H17N5O2/c1-28-17-5-2-14(3-6-17)10-25-11-15-8-16(4-7-18(15)21(25)27)26-13-24-19-9-22-12-23-20(19)26/h2-9,12-13H,10-11H2,1H3. The highest BCUT2D eigenvalue weighted by Gasteiger charge is 2.27. The summed E-state index contributed by atoms with van der Waals surface area (Å²) in [6.07, 6.45) is 4.92. The number of hydrogen-bond acceptors (Lipinski definition) is 5. The molecule has 2 aromatic carbocycles. The molecule has 138 valence electrons. The van der Waals surface area contributed by atoms with E-state index in [4.69, 9.17) is 4.74 Å². The first kappa shape index (κ1) is 16.4. The maximum Gasteiger partial charge on any atom is 0.254 e. The SMILES string of the molecule is COc1ccc(CN2Cc3cc(-n4cnc5cncnc54)ccc3C2=O)cc1. The van der Waals surface area contributed by atoms with Gasteiger partial charge in [0.15, 0.2) is 5.65 Å². The molecule has 1 aliphatic rings. The predicted octanol–water partition coefficient (Wildman–Crippen LogP) is 2.98. The second-order valence-corrected chi connectivity index (χ2v) is 6.70. The molecule has 5 rings (SSSR count). The number of amides is 1. The maximum atomic E-state index is 12.8. The summed E-state index contributed by atoms with van der Waals surface area (Å²) in [5, 5.41) is 0. The highest BCUT2D eigenvalue weighted by molar-refractivity contribution is 5.98. The summed E-state index contributed by atoms with van der Waals surface area (Å²) in [6.45, 7) is 1.14. The first-order chi connectivity index (χ1) is 13.7. The van der Waals surface area contributed by atoms with Crippen LogP contribution in [-0.2, 0) is 13.1 Å². The second kappa shape index (κ2) is 6.45. The molecule has 1 amide bonds. The van der Waals surface area contributed by atoms with Crippen molar-refractivity contribution >= 4 is 17.1 Å². The molecule has 0 saturated carbocycles. The lowest BCUT2D eigenvalue weighted by Gasteiger charge is -2.15. The van der Waals surface area contributed by atoms with Crippen molar-refractivity contribution in [1.82, 2.24) is 24.4 Å². The van der Waals surface area contributed by atoms with E-state index >= 15 is 0 Å². The molecule has 7 nitrogen and oxygen atoms in total. The van der Waals surface area contributed by atoms with Gasteiger partial charge in [0, 0.05) is 24.3 Å². The minimum absolute atomic E-state index is 0.0511. The number of carbonyl (C=O) groups excluding carboxylic acids is 1. The number of nitrogens with zero attached hydrogens (tertiary/aromatic N) is 5. The third kappa shape index (κ3) is 2.68. The third-order valence-electron chi connectivity index (χ3n) is 4.99. The van der Waals surface area contributed by atoms with Crippen molar-refractivity contribution in [3.8, 4) is 11.4 Å². The van der Waals surface area contributed by atoms with Gasteiger partial charge in [-0.05, 0) is 41.5 Å². The summed E-state index contributed by atoms with van der Waals surface area (Å²) in [4.78, 5) is 27.3. The smallest absolute Gasteiger partial charge is 0.254 e. The van der Waals surface area contributed by atoms with E-state index in [0.29, 0.717) is 13.1 Å². The number of aromatic nitrogens is 4. The molecule has 2 aromatic heterocycles. The minimum atomic E-state index is 0.0511. The zero-order chi connectivity index (χ0) is 19.1. The number of rotatable bonds is 4. The maximum absolute atomic E-state index is 12.8. The van der Waals surface area contributed by atoms with E-state index < -0.39 is 0 Å². The Morgan fingerprint density at radius 2 is 1.96 bits per heavy atom. The molecule has 0 fully saturated rings. The van der Waals surface area contributed by atoms with Gasteiger partial charge in [0.2, 0.25) is 0 Å². The van der Waals surface area contributed by atoms with Gasteiger partial charge < -0.3 is 9.64 Å². The van der Waals surface area contributed by atoms with E-state index in [1.54, 1.807) is 19.6 Å². The van der Waals surface area contributed by atoms with Crippen LogP contribution in [0.15, 0.2) is 61.3 Å². The quantitative estimate of drug-likeness (QED) is 0.551. The normalized spacial score (nSPS) is 13.2. The van der Waals surface area contributed by atoms with Gasteiger partial charge >= 0.3 is 0 Å². The van der Waals surface area contributed by atoms with Crippen LogP contribution in [0.4, 0.5) is 0 Å². The molecule has 0 atom stereocenters. The van der Waals surface area contributed by atoms with Gasteiger partial charge in [-0.25, -0.2) is 15.0 Å². The molecule has 28 heavy (non-hydrogen) atoms. The topological polar surface area (TPSA) is 73.1 Å². The summed E-state index contributed by atoms with van der Waals surface area (Å²) < 4.78 is 7.10. The lowest BCUT2D eigenvalue weighted by Crippen LogP contribution is -2.23. The van der Waals surface area contributed by atoms with Crippen molar-refractivity contribution in [2.24, 2.45) is 0 Å². The fourth-order valence-electron chi connectivity index (χ4n) is 3.55. The van der Waals surface area contributed by atoms with E-state index in [-0.39, 0.29) is 5.91 Å². The molecule has 0 bridgehead atoms. The molecule has 7 heteroatoms. The number of imidazole rings is 1. The Morgan fingerprint density at radius 1 is 1.11 bits per heavy atom. The van der Waals surface area contributed by atoms with E-state index in [1.807, 2.05) is 51.9 Å². The molecular weight excluding hydrogens is 354 g/mol. The van der Waals surface area contributed by atoms with Gasteiger partial charge in [0.1, 0.15) is 23.9 Å². The molecule has 4 aromatic rings. The molecule has 0 saturated heterocycles. The van der Waals surface area contributed by atoms with E-state index in [0.717, 1.165) is 39.3 Å². The highest BCUT2D eigenvalue weighted by Crippen LogP contribution is 2.28. The van der Waals surface area contributed by atoms with Crippen LogP contribution in [0.3, 0.4) is 0 Å². The average molecular weight is 371 g/mol. The van der Waals surface area contributed by atoms with Crippen LogP contribution in [0.5, 0.6) is 5.75 Å². The van der Waals surface area contributed by atoms with E-state index in [2.05, 4.69) is 15.0 Å². The van der Waals surface area contributed by atoms with E-state index in [9.17, 15) is 4.79 Å². The van der Waals surface area contributed by atoms with Gasteiger partial charge in [-0.1, -0.05) is 12.1 Å². The van der Waals surface area contributed by atoms with Crippen LogP contribution < -0.4 is 4.74 Å². The Morgan fingerprint density at radius 3 is 2.79 bits per heavy atom. The number of hydrogen-bond donors (Lipinski definition) is 0. The molecule has 0 spiro atoms. The zero-order valence-corrected chi connectivity index (χ0v) is 15.2. The molecule has 3 heterocycles. The summed E-state index contributed by atoms with van der Waals surface area (Å²) in [5.41, 5.74) is 5.23. The number of fused-ring (bicyclic) bond motifs is 2. The Hall–Kier alpha value is -3.74. The zero-order valence-electron chi connectivity index (χ0n) is 15.2. The summed E-state index contributed by atoms with van der Waals surface area (Å²) >= 11 is 0. The Bertz CT molecular complexity index is 1180. The average Bonchev–Trinajstić information content (AvgIpc) is 3.30. The van der Waals surface area contributed by atoms with Gasteiger partial charge in [0.05, 0.1) is 13.3 Å². The van der Waals surface area contributed by atoms with Crippen LogP contribution in [0.25, 0.3) is 16.9 Å². The second-order valence-electron chi connectivity index (χ2n) is 6.70. The monoisotopic (exact) mass is 371 g/mol. The Kier molecular flexibility index (Phi) is 3.79. The van der Waals surface area contributed by atoms with Gasteiger partial charge in [0.25, 0.3) is 5.91 Å². The first-order valence-electron chi connectivity index (χ1n) is 8.91. The van der Waals surface area contributed by atoms with Crippen molar-refractivity contribution in [2.45, 2.75) is 13.1 Å². The van der Waals surface area contributed by atoms with Crippen LogP contribution in [0.2, 0.25) is 0 Å². The molecule has 1 aliphatic heterocycles.